The first-order valence-electron chi connectivity index (χ1n) is 10.4. The Morgan fingerprint density at radius 2 is 1.97 bits per heavy atom. The maximum absolute atomic E-state index is 10.5. The number of piperazine rings is 1. The predicted octanol–water partition coefficient (Wildman–Crippen LogP) is 2.53. The van der Waals surface area contributed by atoms with E-state index >= 15 is 0 Å². The van der Waals surface area contributed by atoms with Gasteiger partial charge >= 0.3 is 0 Å². The van der Waals surface area contributed by atoms with Crippen LogP contribution in [0, 0.1) is 6.92 Å². The van der Waals surface area contributed by atoms with Crippen molar-refractivity contribution < 1.29 is 19.5 Å². The summed E-state index contributed by atoms with van der Waals surface area (Å²) in [6, 6.07) is 11.9. The van der Waals surface area contributed by atoms with Crippen molar-refractivity contribution in [3.63, 3.8) is 0 Å². The third-order valence-electron chi connectivity index (χ3n) is 5.55. The van der Waals surface area contributed by atoms with Gasteiger partial charge in [0.1, 0.15) is 19.3 Å². The van der Waals surface area contributed by atoms with Crippen LogP contribution in [-0.4, -0.2) is 57.7 Å². The summed E-state index contributed by atoms with van der Waals surface area (Å²) in [6.45, 7) is 10.6. The standard InChI is InChI=1S/C24H31ClN2O3/c1-4-5-19-7-9-23(24(14-19)29-3)30-17-21(28)16-26-10-12-27(13-11-26)22-15-20(25)8-6-18(22)2/h4,6-9,14-15,21,28H,1,5,10-13,16-17H2,2-3H3/p+1/t21-/m0/s1. The van der Waals surface area contributed by atoms with E-state index < -0.39 is 6.10 Å². The molecule has 0 amide bonds. The molecule has 0 saturated carbocycles. The van der Waals surface area contributed by atoms with Crippen LogP contribution in [0.3, 0.4) is 0 Å². The number of methoxy groups -OCH3 is 1. The van der Waals surface area contributed by atoms with E-state index in [0.717, 1.165) is 43.2 Å². The number of hydrogen-bond donors (Lipinski definition) is 2. The summed E-state index contributed by atoms with van der Waals surface area (Å²) in [4.78, 5) is 3.76. The quantitative estimate of drug-likeness (QED) is 0.599. The molecule has 1 aliphatic rings. The number of halogens is 1. The number of ether oxygens (including phenoxy) is 2. The van der Waals surface area contributed by atoms with Crippen molar-refractivity contribution in [3.05, 3.63) is 65.2 Å². The summed E-state index contributed by atoms with van der Waals surface area (Å²) in [6.07, 6.45) is 2.11. The second kappa shape index (κ2) is 10.7. The normalized spacial score (nSPS) is 15.7. The third kappa shape index (κ3) is 5.91. The van der Waals surface area contributed by atoms with E-state index in [-0.39, 0.29) is 6.61 Å². The van der Waals surface area contributed by atoms with Crippen LogP contribution in [0.15, 0.2) is 49.1 Å². The van der Waals surface area contributed by atoms with E-state index in [1.807, 2.05) is 36.4 Å². The van der Waals surface area contributed by atoms with Gasteiger partial charge in [0.25, 0.3) is 0 Å². The van der Waals surface area contributed by atoms with Crippen molar-refractivity contribution in [2.24, 2.45) is 0 Å². The lowest BCUT2D eigenvalue weighted by atomic mass is 10.1. The minimum Gasteiger partial charge on any atom is -0.493 e. The van der Waals surface area contributed by atoms with E-state index in [0.29, 0.717) is 18.0 Å². The maximum Gasteiger partial charge on any atom is 0.161 e. The van der Waals surface area contributed by atoms with Crippen molar-refractivity contribution in [1.29, 1.82) is 0 Å². The lowest BCUT2D eigenvalue weighted by Gasteiger charge is -2.35. The van der Waals surface area contributed by atoms with E-state index in [4.69, 9.17) is 21.1 Å². The van der Waals surface area contributed by atoms with Crippen LogP contribution in [0.2, 0.25) is 5.02 Å². The minimum absolute atomic E-state index is 0.248. The monoisotopic (exact) mass is 431 g/mol. The average molecular weight is 432 g/mol. The molecule has 0 aromatic heterocycles. The number of hydrogen-bond acceptors (Lipinski definition) is 4. The molecule has 0 unspecified atom stereocenters. The molecular weight excluding hydrogens is 400 g/mol. The Morgan fingerprint density at radius 1 is 1.20 bits per heavy atom. The fraction of sp³-hybridized carbons (Fsp3) is 0.417. The van der Waals surface area contributed by atoms with Gasteiger partial charge in [-0.05, 0) is 48.7 Å². The number of anilines is 1. The van der Waals surface area contributed by atoms with Gasteiger partial charge in [0.15, 0.2) is 11.5 Å². The van der Waals surface area contributed by atoms with Crippen molar-refractivity contribution in [2.75, 3.05) is 51.3 Å². The molecule has 1 atom stereocenters. The molecule has 2 N–H and O–H groups in total. The van der Waals surface area contributed by atoms with Crippen molar-refractivity contribution in [3.8, 4) is 11.5 Å². The minimum atomic E-state index is -0.531. The lowest BCUT2D eigenvalue weighted by molar-refractivity contribution is -0.903. The summed E-state index contributed by atoms with van der Waals surface area (Å²) in [5.74, 6) is 1.33. The molecule has 1 heterocycles. The van der Waals surface area contributed by atoms with Crippen molar-refractivity contribution in [2.45, 2.75) is 19.4 Å². The first-order valence-corrected chi connectivity index (χ1v) is 10.8. The number of aryl methyl sites for hydroxylation is 1. The molecule has 5 nitrogen and oxygen atoms in total. The molecule has 0 bridgehead atoms. The highest BCUT2D eigenvalue weighted by Crippen LogP contribution is 2.28. The Bertz CT molecular complexity index is 850. The predicted molar refractivity (Wildman–Crippen MR) is 122 cm³/mol. The van der Waals surface area contributed by atoms with Crippen LogP contribution < -0.4 is 19.3 Å². The number of nitrogens with zero attached hydrogens (tertiary/aromatic N) is 1. The number of aliphatic hydroxyl groups is 1. The number of aliphatic hydroxyl groups excluding tert-OH is 1. The molecule has 1 saturated heterocycles. The van der Waals surface area contributed by atoms with Crippen LogP contribution >= 0.6 is 11.6 Å². The molecule has 0 radical (unpaired) electrons. The van der Waals surface area contributed by atoms with Gasteiger partial charge in [-0.15, -0.1) is 6.58 Å². The number of quaternary nitrogens is 1. The zero-order valence-corrected chi connectivity index (χ0v) is 18.6. The molecule has 0 spiro atoms. The molecule has 2 aromatic rings. The second-order valence-corrected chi connectivity index (χ2v) is 8.25. The SMILES string of the molecule is C=CCc1ccc(OC[C@@H](O)C[NH+]2CCN(c3cc(Cl)ccc3C)CC2)c(OC)c1. The van der Waals surface area contributed by atoms with Gasteiger partial charge in [-0.3, -0.25) is 0 Å². The Balaban J connectivity index is 1.48. The summed E-state index contributed by atoms with van der Waals surface area (Å²) < 4.78 is 11.3. The maximum atomic E-state index is 10.5. The van der Waals surface area contributed by atoms with Gasteiger partial charge in [-0.2, -0.15) is 0 Å². The Hall–Kier alpha value is -2.21. The molecule has 3 rings (SSSR count). The number of allylic oxidation sites excluding steroid dienone is 1. The largest absolute Gasteiger partial charge is 0.493 e. The number of rotatable bonds is 9. The van der Waals surface area contributed by atoms with Gasteiger partial charge in [0.05, 0.1) is 33.3 Å². The lowest BCUT2D eigenvalue weighted by Crippen LogP contribution is -3.16. The third-order valence-corrected chi connectivity index (χ3v) is 5.78. The molecule has 0 aliphatic carbocycles. The highest BCUT2D eigenvalue weighted by Gasteiger charge is 2.24. The van der Waals surface area contributed by atoms with E-state index in [1.165, 1.54) is 16.2 Å². The zero-order valence-electron chi connectivity index (χ0n) is 17.9. The Labute approximate surface area is 184 Å². The topological polar surface area (TPSA) is 46.4 Å². The zero-order chi connectivity index (χ0) is 21.5. The molecule has 6 heteroatoms. The van der Waals surface area contributed by atoms with Gasteiger partial charge < -0.3 is 24.4 Å². The average Bonchev–Trinajstić information content (AvgIpc) is 2.75. The fourth-order valence-corrected chi connectivity index (χ4v) is 4.06. The van der Waals surface area contributed by atoms with E-state index in [2.05, 4.69) is 24.5 Å². The van der Waals surface area contributed by atoms with Crippen molar-refractivity contribution >= 4 is 17.3 Å². The van der Waals surface area contributed by atoms with Crippen LogP contribution in [-0.2, 0) is 6.42 Å². The molecule has 1 fully saturated rings. The Morgan fingerprint density at radius 3 is 2.67 bits per heavy atom. The van der Waals surface area contributed by atoms with Crippen LogP contribution in [0.25, 0.3) is 0 Å². The first-order chi connectivity index (χ1) is 14.5. The van der Waals surface area contributed by atoms with Gasteiger partial charge in [0.2, 0.25) is 0 Å². The molecule has 162 valence electrons. The van der Waals surface area contributed by atoms with Crippen molar-refractivity contribution in [1.82, 2.24) is 0 Å². The first kappa shape index (κ1) is 22.5. The van der Waals surface area contributed by atoms with Gasteiger partial charge in [-0.1, -0.05) is 29.8 Å². The van der Waals surface area contributed by atoms with Gasteiger partial charge in [0, 0.05) is 10.7 Å². The van der Waals surface area contributed by atoms with Gasteiger partial charge in [-0.25, -0.2) is 0 Å². The van der Waals surface area contributed by atoms with E-state index in [9.17, 15) is 5.11 Å². The molecular formula is C24H32ClN2O3+. The summed E-state index contributed by atoms with van der Waals surface area (Å²) in [5.41, 5.74) is 3.56. The fourth-order valence-electron chi connectivity index (χ4n) is 3.89. The molecule has 30 heavy (non-hydrogen) atoms. The van der Waals surface area contributed by atoms with Crippen LogP contribution in [0.1, 0.15) is 11.1 Å². The Kier molecular flexibility index (Phi) is 8.02. The van der Waals surface area contributed by atoms with Crippen LogP contribution in [0.5, 0.6) is 11.5 Å². The number of nitrogens with one attached hydrogen (secondary N) is 1. The summed E-state index contributed by atoms with van der Waals surface area (Å²) >= 11 is 6.17. The molecule has 2 aromatic carbocycles. The second-order valence-electron chi connectivity index (χ2n) is 7.81. The summed E-state index contributed by atoms with van der Waals surface area (Å²) in [5, 5.41) is 11.3. The van der Waals surface area contributed by atoms with E-state index in [1.54, 1.807) is 7.11 Å². The summed E-state index contributed by atoms with van der Waals surface area (Å²) in [7, 11) is 1.63. The van der Waals surface area contributed by atoms with Crippen LogP contribution in [0.4, 0.5) is 5.69 Å². The smallest absolute Gasteiger partial charge is 0.161 e. The molecule has 1 aliphatic heterocycles. The number of benzene rings is 2. The highest BCUT2D eigenvalue weighted by atomic mass is 35.5. The highest BCUT2D eigenvalue weighted by molar-refractivity contribution is 6.30.